The van der Waals surface area contributed by atoms with E-state index in [2.05, 4.69) is 4.99 Å². The average molecular weight is 302 g/mol. The second-order valence-electron chi connectivity index (χ2n) is 5.21. The van der Waals surface area contributed by atoms with Crippen LogP contribution in [-0.2, 0) is 4.79 Å². The summed E-state index contributed by atoms with van der Waals surface area (Å²) in [7, 11) is 0. The van der Waals surface area contributed by atoms with Crippen LogP contribution in [0.25, 0.3) is 0 Å². The largest absolute Gasteiger partial charge is 0.288 e. The van der Waals surface area contributed by atoms with E-state index in [1.807, 2.05) is 19.9 Å². The molecule has 0 spiro atoms. The molecule has 2 rings (SSSR count). The number of ketones is 1. The molecule has 21 heavy (non-hydrogen) atoms. The maximum Gasteiger partial charge on any atom is 0.277 e. The number of aliphatic imine (C=N–C) groups is 1. The predicted molar refractivity (Wildman–Crippen MR) is 84.7 cm³/mol. The number of rotatable bonds is 2. The van der Waals surface area contributed by atoms with Crippen LogP contribution in [-0.4, -0.2) is 17.4 Å². The fourth-order valence-corrected chi connectivity index (χ4v) is 2.62. The highest BCUT2D eigenvalue weighted by molar-refractivity contribution is 6.49. The van der Waals surface area contributed by atoms with Crippen LogP contribution in [0.1, 0.15) is 31.1 Å². The van der Waals surface area contributed by atoms with E-state index in [-0.39, 0.29) is 22.6 Å². The third kappa shape index (κ3) is 3.19. The molecule has 0 fully saturated rings. The lowest BCUT2D eigenvalue weighted by Crippen LogP contribution is -2.20. The van der Waals surface area contributed by atoms with E-state index in [0.29, 0.717) is 22.4 Å². The van der Waals surface area contributed by atoms with E-state index in [1.54, 1.807) is 37.3 Å². The van der Waals surface area contributed by atoms with Crippen molar-refractivity contribution in [3.8, 4) is 0 Å². The topological polar surface area (TPSA) is 46.5 Å². The molecule has 0 atom stereocenters. The number of amides is 1. The summed E-state index contributed by atoms with van der Waals surface area (Å²) >= 11 is 6.14. The van der Waals surface area contributed by atoms with Gasteiger partial charge in [0.05, 0.1) is 10.7 Å². The molecular weight excluding hydrogens is 286 g/mol. The van der Waals surface area contributed by atoms with E-state index in [0.717, 1.165) is 0 Å². The van der Waals surface area contributed by atoms with Gasteiger partial charge in [0.1, 0.15) is 0 Å². The maximum absolute atomic E-state index is 12.2. The van der Waals surface area contributed by atoms with Gasteiger partial charge in [0.25, 0.3) is 5.91 Å². The van der Waals surface area contributed by atoms with Gasteiger partial charge in [-0.3, -0.25) is 9.59 Å². The molecule has 0 bridgehead atoms. The molecule has 3 nitrogen and oxygen atoms in total. The lowest BCUT2D eigenvalue weighted by molar-refractivity contribution is -0.111. The number of hydrogen-bond donors (Lipinski definition) is 0. The number of halogens is 1. The molecule has 0 aliphatic heterocycles. The highest BCUT2D eigenvalue weighted by Gasteiger charge is 2.26. The summed E-state index contributed by atoms with van der Waals surface area (Å²) < 4.78 is 0. The van der Waals surface area contributed by atoms with Gasteiger partial charge in [0.2, 0.25) is 5.78 Å². The van der Waals surface area contributed by atoms with Crippen LogP contribution in [0.3, 0.4) is 0 Å². The van der Waals surface area contributed by atoms with Crippen LogP contribution in [0, 0.1) is 5.92 Å². The monoisotopic (exact) mass is 301 g/mol. The number of Topliss-reactive ketones (excluding diaryl/α,β-unsaturated/α-hetero) is 1. The quantitative estimate of drug-likeness (QED) is 0.777. The molecule has 0 unspecified atom stereocenters. The summed E-state index contributed by atoms with van der Waals surface area (Å²) in [4.78, 5) is 28.3. The minimum atomic E-state index is -0.341. The smallest absolute Gasteiger partial charge is 0.277 e. The van der Waals surface area contributed by atoms with Gasteiger partial charge in [-0.15, -0.1) is 0 Å². The predicted octanol–water partition coefficient (Wildman–Crippen LogP) is 3.95. The fourth-order valence-electron chi connectivity index (χ4n) is 2.15. The van der Waals surface area contributed by atoms with Crippen molar-refractivity contribution < 1.29 is 9.59 Å². The van der Waals surface area contributed by atoms with Gasteiger partial charge in [0.15, 0.2) is 0 Å². The molecule has 1 aliphatic carbocycles. The van der Waals surface area contributed by atoms with E-state index in [9.17, 15) is 9.59 Å². The van der Waals surface area contributed by atoms with Crippen LogP contribution < -0.4 is 0 Å². The van der Waals surface area contributed by atoms with Crippen molar-refractivity contribution >= 4 is 29.0 Å². The van der Waals surface area contributed by atoms with Crippen LogP contribution >= 0.6 is 11.6 Å². The number of carbonyl (C=O) groups excluding carboxylic acids is 2. The Morgan fingerprint density at radius 1 is 1.19 bits per heavy atom. The van der Waals surface area contributed by atoms with Crippen LogP contribution in [0.5, 0.6) is 0 Å². The molecule has 4 heteroatoms. The molecule has 1 aromatic rings. The Morgan fingerprint density at radius 3 is 2.38 bits per heavy atom. The summed E-state index contributed by atoms with van der Waals surface area (Å²) in [6, 6.07) is 8.81. The first-order valence-corrected chi connectivity index (χ1v) is 7.10. The molecule has 0 N–H and O–H groups in total. The Bertz CT molecular complexity index is 682. The van der Waals surface area contributed by atoms with Gasteiger partial charge in [-0.25, -0.2) is 4.99 Å². The van der Waals surface area contributed by atoms with Gasteiger partial charge in [-0.1, -0.05) is 43.6 Å². The second-order valence-corrected chi connectivity index (χ2v) is 5.59. The Balaban J connectivity index is 2.48. The number of benzene rings is 1. The lowest BCUT2D eigenvalue weighted by atomic mass is 9.89. The summed E-state index contributed by atoms with van der Waals surface area (Å²) in [6.07, 6.45) is 1.63. The molecule has 0 saturated heterocycles. The highest BCUT2D eigenvalue weighted by Crippen LogP contribution is 2.28. The minimum absolute atomic E-state index is 0.00752. The first-order valence-electron chi connectivity index (χ1n) is 6.73. The molecule has 108 valence electrons. The third-order valence-electron chi connectivity index (χ3n) is 3.24. The van der Waals surface area contributed by atoms with Crippen LogP contribution in [0.4, 0.5) is 0 Å². The lowest BCUT2D eigenvalue weighted by Gasteiger charge is -2.19. The number of hydrogen-bond acceptors (Lipinski definition) is 2. The second kappa shape index (κ2) is 6.19. The van der Waals surface area contributed by atoms with Crippen molar-refractivity contribution in [3.63, 3.8) is 0 Å². The summed E-state index contributed by atoms with van der Waals surface area (Å²) in [5, 5.41) is 0.157. The standard InChI is InChI=1S/C17H16ClNO2/c1-10(2)14-13(9-11(3)16(20)15(14)18)19-17(21)12-7-5-4-6-8-12/h4-10H,1-3H3. The first-order chi connectivity index (χ1) is 9.91. The van der Waals surface area contributed by atoms with Crippen molar-refractivity contribution in [1.82, 2.24) is 0 Å². The molecule has 0 saturated carbocycles. The van der Waals surface area contributed by atoms with Gasteiger partial charge >= 0.3 is 0 Å². The minimum Gasteiger partial charge on any atom is -0.288 e. The molecular formula is C17H16ClNO2. The van der Waals surface area contributed by atoms with Gasteiger partial charge in [-0.05, 0) is 31.1 Å². The Labute approximate surface area is 129 Å². The molecule has 1 amide bonds. The summed E-state index contributed by atoms with van der Waals surface area (Å²) in [5.74, 6) is -0.536. The van der Waals surface area contributed by atoms with Crippen molar-refractivity contribution in [2.45, 2.75) is 20.8 Å². The van der Waals surface area contributed by atoms with E-state index < -0.39 is 0 Å². The summed E-state index contributed by atoms with van der Waals surface area (Å²) in [5.41, 5.74) is 2.09. The van der Waals surface area contributed by atoms with Gasteiger partial charge in [0, 0.05) is 16.7 Å². The zero-order chi connectivity index (χ0) is 15.6. The van der Waals surface area contributed by atoms with Crippen LogP contribution in [0.2, 0.25) is 0 Å². The third-order valence-corrected chi connectivity index (χ3v) is 3.62. The average Bonchev–Trinajstić information content (AvgIpc) is 2.45. The zero-order valence-corrected chi connectivity index (χ0v) is 12.9. The Kier molecular flexibility index (Phi) is 4.53. The van der Waals surface area contributed by atoms with E-state index in [1.165, 1.54) is 0 Å². The highest BCUT2D eigenvalue weighted by atomic mass is 35.5. The van der Waals surface area contributed by atoms with Crippen molar-refractivity contribution in [2.75, 3.05) is 0 Å². The number of allylic oxidation sites excluding steroid dienone is 4. The van der Waals surface area contributed by atoms with Crippen LogP contribution in [0.15, 0.2) is 57.6 Å². The van der Waals surface area contributed by atoms with E-state index in [4.69, 9.17) is 11.6 Å². The first kappa shape index (κ1) is 15.4. The summed E-state index contributed by atoms with van der Waals surface area (Å²) in [6.45, 7) is 5.51. The number of nitrogens with zero attached hydrogens (tertiary/aromatic N) is 1. The Morgan fingerprint density at radius 2 is 1.81 bits per heavy atom. The molecule has 1 aromatic carbocycles. The molecule has 0 radical (unpaired) electrons. The normalized spacial score (nSPS) is 17.5. The molecule has 0 heterocycles. The van der Waals surface area contributed by atoms with E-state index >= 15 is 0 Å². The molecule has 0 aromatic heterocycles. The van der Waals surface area contributed by atoms with Crippen molar-refractivity contribution in [3.05, 3.63) is 58.1 Å². The Hall–Kier alpha value is -2.00. The SMILES string of the molecule is CC1=CC(=NC(=O)c2ccccc2)C(C(C)C)=C(Cl)C1=O. The zero-order valence-electron chi connectivity index (χ0n) is 12.2. The fraction of sp³-hybridized carbons (Fsp3) is 0.235. The number of carbonyl (C=O) groups is 2. The van der Waals surface area contributed by atoms with Crippen molar-refractivity contribution in [1.29, 1.82) is 0 Å². The maximum atomic E-state index is 12.2. The molecule has 1 aliphatic rings. The van der Waals surface area contributed by atoms with Gasteiger partial charge < -0.3 is 0 Å². The van der Waals surface area contributed by atoms with Crippen molar-refractivity contribution in [2.24, 2.45) is 10.9 Å². The van der Waals surface area contributed by atoms with Gasteiger partial charge in [-0.2, -0.15) is 0 Å².